The smallest absolute Gasteiger partial charge is 0.317 e. The number of carbonyl (C=O) groups excluding carboxylic acids is 1. The Bertz CT molecular complexity index is 663. The molecule has 0 bridgehead atoms. The van der Waals surface area contributed by atoms with Crippen LogP contribution in [0.1, 0.15) is 23.4 Å². The highest BCUT2D eigenvalue weighted by molar-refractivity contribution is 5.74. The lowest BCUT2D eigenvalue weighted by atomic mass is 10.1. The maximum Gasteiger partial charge on any atom is 0.317 e. The molecule has 0 unspecified atom stereocenters. The van der Waals surface area contributed by atoms with E-state index in [2.05, 4.69) is 27.5 Å². The second kappa shape index (κ2) is 8.67. The molecule has 0 aliphatic carbocycles. The van der Waals surface area contributed by atoms with Crippen LogP contribution >= 0.6 is 0 Å². The lowest BCUT2D eigenvalue weighted by Gasteiger charge is -2.34. The van der Waals surface area contributed by atoms with Crippen molar-refractivity contribution in [3.05, 3.63) is 53.4 Å². The predicted octanol–water partition coefficient (Wildman–Crippen LogP) is 2.44. The molecular weight excluding hydrogens is 316 g/mol. The van der Waals surface area contributed by atoms with Crippen LogP contribution in [-0.4, -0.2) is 53.7 Å². The van der Waals surface area contributed by atoms with Crippen molar-refractivity contribution in [2.24, 2.45) is 0 Å². The number of nitrogens with zero attached hydrogens (tertiary/aromatic N) is 3. The standard InChI is InChI=1S/C19H26N4O2/c1-16-14-18(25-21-16)15-22-10-12-23(13-11-22)19(24)20-9-5-8-17-6-3-2-4-7-17/h2-4,6-7,14H,5,8-13,15H2,1H3,(H,20,24). The maximum absolute atomic E-state index is 12.2. The summed E-state index contributed by atoms with van der Waals surface area (Å²) in [5, 5.41) is 6.94. The SMILES string of the molecule is Cc1cc(CN2CCN(C(=O)NCCCc3ccccc3)CC2)on1. The Kier molecular flexibility index (Phi) is 6.06. The van der Waals surface area contributed by atoms with Crippen molar-refractivity contribution < 1.29 is 9.32 Å². The van der Waals surface area contributed by atoms with Gasteiger partial charge in [-0.15, -0.1) is 0 Å². The lowest BCUT2D eigenvalue weighted by Crippen LogP contribution is -2.51. The molecule has 6 nitrogen and oxygen atoms in total. The quantitative estimate of drug-likeness (QED) is 0.819. The van der Waals surface area contributed by atoms with Gasteiger partial charge in [-0.05, 0) is 25.3 Å². The van der Waals surface area contributed by atoms with Gasteiger partial charge in [0.1, 0.15) is 0 Å². The number of aromatic nitrogens is 1. The number of hydrogen-bond acceptors (Lipinski definition) is 4. The summed E-state index contributed by atoms with van der Waals surface area (Å²) < 4.78 is 5.26. The minimum Gasteiger partial charge on any atom is -0.360 e. The molecule has 0 spiro atoms. The first-order valence-electron chi connectivity index (χ1n) is 8.92. The third kappa shape index (κ3) is 5.32. The Labute approximate surface area is 148 Å². The van der Waals surface area contributed by atoms with Crippen LogP contribution in [0, 0.1) is 6.92 Å². The van der Waals surface area contributed by atoms with Crippen LogP contribution in [0.5, 0.6) is 0 Å². The second-order valence-electron chi connectivity index (χ2n) is 6.52. The van der Waals surface area contributed by atoms with Crippen LogP contribution < -0.4 is 5.32 Å². The zero-order valence-electron chi connectivity index (χ0n) is 14.8. The molecule has 6 heteroatoms. The van der Waals surface area contributed by atoms with Crippen molar-refractivity contribution in [2.75, 3.05) is 32.7 Å². The van der Waals surface area contributed by atoms with Gasteiger partial charge in [0, 0.05) is 38.8 Å². The van der Waals surface area contributed by atoms with E-state index in [0.717, 1.165) is 57.0 Å². The minimum absolute atomic E-state index is 0.0446. The van der Waals surface area contributed by atoms with Crippen molar-refractivity contribution >= 4 is 6.03 Å². The molecule has 1 aromatic carbocycles. The van der Waals surface area contributed by atoms with Gasteiger partial charge >= 0.3 is 6.03 Å². The van der Waals surface area contributed by atoms with Crippen LogP contribution in [-0.2, 0) is 13.0 Å². The van der Waals surface area contributed by atoms with Crippen molar-refractivity contribution in [3.8, 4) is 0 Å². The lowest BCUT2D eigenvalue weighted by molar-refractivity contribution is 0.128. The third-order valence-corrected chi connectivity index (χ3v) is 4.48. The summed E-state index contributed by atoms with van der Waals surface area (Å²) in [7, 11) is 0. The molecule has 1 aliphatic rings. The van der Waals surface area contributed by atoms with E-state index >= 15 is 0 Å². The Balaban J connectivity index is 1.32. The molecule has 134 valence electrons. The monoisotopic (exact) mass is 342 g/mol. The number of benzene rings is 1. The zero-order chi connectivity index (χ0) is 17.5. The molecule has 1 N–H and O–H groups in total. The molecular formula is C19H26N4O2. The Morgan fingerprint density at radius 3 is 2.64 bits per heavy atom. The van der Waals surface area contributed by atoms with E-state index in [-0.39, 0.29) is 6.03 Å². The Morgan fingerprint density at radius 1 is 1.20 bits per heavy atom. The van der Waals surface area contributed by atoms with Gasteiger partial charge in [-0.2, -0.15) is 0 Å². The van der Waals surface area contributed by atoms with Gasteiger partial charge in [0.2, 0.25) is 0 Å². The first-order chi connectivity index (χ1) is 12.2. The summed E-state index contributed by atoms with van der Waals surface area (Å²) in [5.41, 5.74) is 2.22. The molecule has 2 aromatic rings. The van der Waals surface area contributed by atoms with Gasteiger partial charge in [0.05, 0.1) is 12.2 Å². The van der Waals surface area contributed by atoms with E-state index in [1.54, 1.807) is 0 Å². The van der Waals surface area contributed by atoms with Crippen LogP contribution in [0.3, 0.4) is 0 Å². The molecule has 2 heterocycles. The number of urea groups is 1. The van der Waals surface area contributed by atoms with Crippen molar-refractivity contribution in [3.63, 3.8) is 0 Å². The van der Waals surface area contributed by atoms with E-state index in [1.807, 2.05) is 36.1 Å². The predicted molar refractivity (Wildman–Crippen MR) is 96.3 cm³/mol. The normalized spacial score (nSPS) is 15.3. The molecule has 1 saturated heterocycles. The summed E-state index contributed by atoms with van der Waals surface area (Å²) in [5.74, 6) is 0.885. The molecule has 0 atom stereocenters. The minimum atomic E-state index is 0.0446. The molecule has 25 heavy (non-hydrogen) atoms. The Morgan fingerprint density at radius 2 is 1.96 bits per heavy atom. The van der Waals surface area contributed by atoms with Gasteiger partial charge in [-0.1, -0.05) is 35.5 Å². The zero-order valence-corrected chi connectivity index (χ0v) is 14.8. The first-order valence-corrected chi connectivity index (χ1v) is 8.92. The summed E-state index contributed by atoms with van der Waals surface area (Å²) >= 11 is 0. The highest BCUT2D eigenvalue weighted by atomic mass is 16.5. The van der Waals surface area contributed by atoms with E-state index in [1.165, 1.54) is 5.56 Å². The number of hydrogen-bond donors (Lipinski definition) is 1. The fraction of sp³-hybridized carbons (Fsp3) is 0.474. The summed E-state index contributed by atoms with van der Waals surface area (Å²) in [6.45, 7) is 6.61. The maximum atomic E-state index is 12.2. The molecule has 1 fully saturated rings. The third-order valence-electron chi connectivity index (χ3n) is 4.48. The number of amides is 2. The van der Waals surface area contributed by atoms with E-state index in [0.29, 0.717) is 6.54 Å². The highest BCUT2D eigenvalue weighted by Gasteiger charge is 2.21. The van der Waals surface area contributed by atoms with Crippen LogP contribution in [0.25, 0.3) is 0 Å². The molecule has 1 aliphatic heterocycles. The average molecular weight is 342 g/mol. The Hall–Kier alpha value is -2.34. The van der Waals surface area contributed by atoms with Gasteiger partial charge in [-0.3, -0.25) is 4.90 Å². The summed E-state index contributed by atoms with van der Waals surface area (Å²) in [4.78, 5) is 16.4. The number of aryl methyl sites for hydroxylation is 2. The number of carbonyl (C=O) groups is 1. The van der Waals surface area contributed by atoms with E-state index in [9.17, 15) is 4.79 Å². The number of rotatable bonds is 6. The van der Waals surface area contributed by atoms with Gasteiger partial charge < -0.3 is 14.7 Å². The number of piperazine rings is 1. The van der Waals surface area contributed by atoms with Crippen LogP contribution in [0.15, 0.2) is 40.9 Å². The van der Waals surface area contributed by atoms with E-state index in [4.69, 9.17) is 4.52 Å². The summed E-state index contributed by atoms with van der Waals surface area (Å²) in [6.07, 6.45) is 1.95. The average Bonchev–Trinajstić information content (AvgIpc) is 3.05. The van der Waals surface area contributed by atoms with Crippen LogP contribution in [0.4, 0.5) is 4.79 Å². The number of nitrogens with one attached hydrogen (secondary N) is 1. The molecule has 1 aromatic heterocycles. The van der Waals surface area contributed by atoms with Gasteiger partial charge in [-0.25, -0.2) is 4.79 Å². The molecule has 0 radical (unpaired) electrons. The molecule has 2 amide bonds. The molecule has 0 saturated carbocycles. The topological polar surface area (TPSA) is 61.6 Å². The highest BCUT2D eigenvalue weighted by Crippen LogP contribution is 2.10. The fourth-order valence-corrected chi connectivity index (χ4v) is 3.06. The van der Waals surface area contributed by atoms with Gasteiger partial charge in [0.15, 0.2) is 5.76 Å². The summed E-state index contributed by atoms with van der Waals surface area (Å²) in [6, 6.07) is 12.4. The van der Waals surface area contributed by atoms with Crippen molar-refractivity contribution in [2.45, 2.75) is 26.3 Å². The second-order valence-corrected chi connectivity index (χ2v) is 6.52. The largest absolute Gasteiger partial charge is 0.360 e. The first kappa shape index (κ1) is 17.5. The fourth-order valence-electron chi connectivity index (χ4n) is 3.06. The van der Waals surface area contributed by atoms with Gasteiger partial charge in [0.25, 0.3) is 0 Å². The van der Waals surface area contributed by atoms with Crippen molar-refractivity contribution in [1.82, 2.24) is 20.3 Å². The molecule has 3 rings (SSSR count). The van der Waals surface area contributed by atoms with Crippen molar-refractivity contribution in [1.29, 1.82) is 0 Å². The van der Waals surface area contributed by atoms with Crippen LogP contribution in [0.2, 0.25) is 0 Å². The van der Waals surface area contributed by atoms with E-state index < -0.39 is 0 Å².